The number of nitrogens with zero attached hydrogens (tertiary/aromatic N) is 1. The first-order valence-corrected chi connectivity index (χ1v) is 10.0. The molecule has 1 aliphatic carbocycles. The van der Waals surface area contributed by atoms with Crippen LogP contribution in [0.5, 0.6) is 0 Å². The molecule has 0 radical (unpaired) electrons. The third-order valence-corrected chi connectivity index (χ3v) is 6.02. The standard InChI is InChI=1S/C18H25FN2O3S/c1-3-12-20-25(23,24)17-13-14(10-11-16(17)19)18(22)21(2)15-8-6-4-5-7-9-15/h3,10-11,13,15,20H,1,4-9,12H2,2H3. The zero-order valence-electron chi connectivity index (χ0n) is 14.5. The minimum absolute atomic E-state index is 0.0120. The minimum Gasteiger partial charge on any atom is -0.339 e. The summed E-state index contributed by atoms with van der Waals surface area (Å²) < 4.78 is 40.6. The van der Waals surface area contributed by atoms with Crippen LogP contribution in [0.4, 0.5) is 4.39 Å². The summed E-state index contributed by atoms with van der Waals surface area (Å²) in [6.45, 7) is 3.41. The molecule has 1 N–H and O–H groups in total. The molecule has 25 heavy (non-hydrogen) atoms. The molecule has 1 aromatic rings. The van der Waals surface area contributed by atoms with Crippen molar-refractivity contribution in [3.8, 4) is 0 Å². The van der Waals surface area contributed by atoms with Gasteiger partial charge in [0.2, 0.25) is 10.0 Å². The van der Waals surface area contributed by atoms with Crippen molar-refractivity contribution in [2.24, 2.45) is 0 Å². The van der Waals surface area contributed by atoms with Gasteiger partial charge in [-0.2, -0.15) is 0 Å². The second-order valence-electron chi connectivity index (χ2n) is 6.35. The van der Waals surface area contributed by atoms with Crippen LogP contribution in [-0.2, 0) is 10.0 Å². The Morgan fingerprint density at radius 3 is 2.56 bits per heavy atom. The first-order valence-electron chi connectivity index (χ1n) is 8.54. The van der Waals surface area contributed by atoms with Gasteiger partial charge in [0, 0.05) is 25.2 Å². The molecule has 2 rings (SSSR count). The summed E-state index contributed by atoms with van der Waals surface area (Å²) in [7, 11) is -2.30. The number of carbonyl (C=O) groups excluding carboxylic acids is 1. The van der Waals surface area contributed by atoms with E-state index in [1.807, 2.05) is 0 Å². The molecule has 5 nitrogen and oxygen atoms in total. The van der Waals surface area contributed by atoms with Gasteiger partial charge in [-0.05, 0) is 31.0 Å². The highest BCUT2D eigenvalue weighted by Crippen LogP contribution is 2.23. The normalized spacial score (nSPS) is 16.2. The maximum absolute atomic E-state index is 14.0. The van der Waals surface area contributed by atoms with Crippen LogP contribution in [-0.4, -0.2) is 38.9 Å². The lowest BCUT2D eigenvalue weighted by molar-refractivity contribution is 0.0717. The second kappa shape index (κ2) is 8.58. The Balaban J connectivity index is 2.25. The van der Waals surface area contributed by atoms with Crippen molar-refractivity contribution in [3.63, 3.8) is 0 Å². The van der Waals surface area contributed by atoms with Gasteiger partial charge in [-0.3, -0.25) is 4.79 Å². The average molecular weight is 368 g/mol. The molecule has 1 fully saturated rings. The number of rotatable bonds is 6. The number of hydrogen-bond donors (Lipinski definition) is 1. The van der Waals surface area contributed by atoms with Crippen molar-refractivity contribution in [2.75, 3.05) is 13.6 Å². The molecule has 7 heteroatoms. The second-order valence-corrected chi connectivity index (χ2v) is 8.08. The van der Waals surface area contributed by atoms with Gasteiger partial charge >= 0.3 is 0 Å². The summed E-state index contributed by atoms with van der Waals surface area (Å²) in [5.74, 6) is -1.17. The molecule has 0 atom stereocenters. The van der Waals surface area contributed by atoms with E-state index < -0.39 is 20.7 Å². The van der Waals surface area contributed by atoms with E-state index in [2.05, 4.69) is 11.3 Å². The fourth-order valence-corrected chi connectivity index (χ4v) is 4.20. The van der Waals surface area contributed by atoms with Crippen molar-refractivity contribution < 1.29 is 17.6 Å². The van der Waals surface area contributed by atoms with Crippen LogP contribution in [0.15, 0.2) is 35.7 Å². The highest BCUT2D eigenvalue weighted by atomic mass is 32.2. The number of carbonyl (C=O) groups is 1. The third kappa shape index (κ3) is 4.89. The van der Waals surface area contributed by atoms with Crippen molar-refractivity contribution in [1.29, 1.82) is 0 Å². The first kappa shape index (κ1) is 19.6. The lowest BCUT2D eigenvalue weighted by Crippen LogP contribution is -2.37. The molecule has 0 spiro atoms. The number of nitrogens with one attached hydrogen (secondary N) is 1. The van der Waals surface area contributed by atoms with E-state index in [1.54, 1.807) is 11.9 Å². The van der Waals surface area contributed by atoms with Crippen molar-refractivity contribution in [2.45, 2.75) is 49.5 Å². The first-order chi connectivity index (χ1) is 11.9. The van der Waals surface area contributed by atoms with Crippen molar-refractivity contribution in [1.82, 2.24) is 9.62 Å². The lowest BCUT2D eigenvalue weighted by Gasteiger charge is -2.27. The summed E-state index contributed by atoms with van der Waals surface area (Å²) in [5, 5.41) is 0. The van der Waals surface area contributed by atoms with E-state index in [9.17, 15) is 17.6 Å². The number of halogens is 1. The Kier molecular flexibility index (Phi) is 6.72. The van der Waals surface area contributed by atoms with E-state index in [0.29, 0.717) is 0 Å². The summed E-state index contributed by atoms with van der Waals surface area (Å²) in [6.07, 6.45) is 7.75. The monoisotopic (exact) mass is 368 g/mol. The van der Waals surface area contributed by atoms with Crippen LogP contribution in [0.25, 0.3) is 0 Å². The van der Waals surface area contributed by atoms with Gasteiger partial charge < -0.3 is 4.90 Å². The Morgan fingerprint density at radius 2 is 1.96 bits per heavy atom. The van der Waals surface area contributed by atoms with Crippen LogP contribution < -0.4 is 4.72 Å². The van der Waals surface area contributed by atoms with Crippen LogP contribution >= 0.6 is 0 Å². The van der Waals surface area contributed by atoms with E-state index in [0.717, 1.165) is 37.8 Å². The van der Waals surface area contributed by atoms with E-state index in [-0.39, 0.29) is 24.1 Å². The zero-order valence-corrected chi connectivity index (χ0v) is 15.3. The molecule has 0 heterocycles. The topological polar surface area (TPSA) is 66.5 Å². The van der Waals surface area contributed by atoms with Gasteiger partial charge in [0.1, 0.15) is 10.7 Å². The van der Waals surface area contributed by atoms with Gasteiger partial charge in [0.15, 0.2) is 0 Å². The predicted octanol–water partition coefficient (Wildman–Crippen LogP) is 3.08. The maximum Gasteiger partial charge on any atom is 0.253 e. The van der Waals surface area contributed by atoms with Crippen LogP contribution in [0.2, 0.25) is 0 Å². The molecular formula is C18H25FN2O3S. The van der Waals surface area contributed by atoms with Crippen LogP contribution in [0.1, 0.15) is 48.9 Å². The average Bonchev–Trinajstić information content (AvgIpc) is 2.88. The molecule has 138 valence electrons. The van der Waals surface area contributed by atoms with E-state index in [1.165, 1.54) is 25.0 Å². The minimum atomic E-state index is -4.03. The smallest absolute Gasteiger partial charge is 0.253 e. The number of hydrogen-bond acceptors (Lipinski definition) is 3. The van der Waals surface area contributed by atoms with E-state index >= 15 is 0 Å². The highest BCUT2D eigenvalue weighted by Gasteiger charge is 2.25. The summed E-state index contributed by atoms with van der Waals surface area (Å²) in [5.41, 5.74) is 0.173. The van der Waals surface area contributed by atoms with Gasteiger partial charge in [-0.25, -0.2) is 17.5 Å². The molecule has 0 aromatic heterocycles. The van der Waals surface area contributed by atoms with Crippen molar-refractivity contribution in [3.05, 3.63) is 42.2 Å². The Labute approximate surface area is 149 Å². The molecule has 0 unspecified atom stereocenters. The molecule has 0 saturated heterocycles. The van der Waals surface area contributed by atoms with Crippen LogP contribution in [0.3, 0.4) is 0 Å². The molecule has 0 aliphatic heterocycles. The molecular weight excluding hydrogens is 343 g/mol. The Morgan fingerprint density at radius 1 is 1.32 bits per heavy atom. The summed E-state index contributed by atoms with van der Waals surface area (Å²) in [6, 6.07) is 3.60. The molecule has 1 aromatic carbocycles. The summed E-state index contributed by atoms with van der Waals surface area (Å²) >= 11 is 0. The Hall–Kier alpha value is -1.73. The SMILES string of the molecule is C=CCNS(=O)(=O)c1cc(C(=O)N(C)C2CCCCCC2)ccc1F. The molecule has 1 saturated carbocycles. The highest BCUT2D eigenvalue weighted by molar-refractivity contribution is 7.89. The van der Waals surface area contributed by atoms with Crippen molar-refractivity contribution >= 4 is 15.9 Å². The molecule has 1 amide bonds. The van der Waals surface area contributed by atoms with E-state index in [4.69, 9.17) is 0 Å². The van der Waals surface area contributed by atoms with Gasteiger partial charge in [0.05, 0.1) is 0 Å². The summed E-state index contributed by atoms with van der Waals surface area (Å²) in [4.78, 5) is 13.9. The van der Waals surface area contributed by atoms with Gasteiger partial charge in [0.25, 0.3) is 5.91 Å². The molecule has 0 bridgehead atoms. The fourth-order valence-electron chi connectivity index (χ4n) is 3.10. The van der Waals surface area contributed by atoms with Gasteiger partial charge in [-0.15, -0.1) is 6.58 Å². The number of sulfonamides is 1. The predicted molar refractivity (Wildman–Crippen MR) is 95.4 cm³/mol. The lowest BCUT2D eigenvalue weighted by atomic mass is 10.1. The van der Waals surface area contributed by atoms with Gasteiger partial charge in [-0.1, -0.05) is 31.8 Å². The Bertz CT molecular complexity index is 726. The number of benzene rings is 1. The van der Waals surface area contributed by atoms with Crippen LogP contribution in [0, 0.1) is 5.82 Å². The third-order valence-electron chi connectivity index (χ3n) is 4.58. The fraction of sp³-hybridized carbons (Fsp3) is 0.500. The molecule has 1 aliphatic rings. The largest absolute Gasteiger partial charge is 0.339 e. The zero-order chi connectivity index (χ0) is 18.4. The number of amides is 1. The quantitative estimate of drug-likeness (QED) is 0.620. The maximum atomic E-state index is 14.0.